The van der Waals surface area contributed by atoms with Crippen molar-refractivity contribution in [3.63, 3.8) is 0 Å². The minimum atomic E-state index is -4.53. The number of rotatable bonds is 8. The molecule has 0 heterocycles. The van der Waals surface area contributed by atoms with E-state index in [0.29, 0.717) is 11.4 Å². The Morgan fingerprint density at radius 2 is 1.50 bits per heavy atom. The lowest BCUT2D eigenvalue weighted by molar-refractivity contribution is -0.137. The van der Waals surface area contributed by atoms with E-state index in [1.54, 1.807) is 24.3 Å². The normalized spacial score (nSPS) is 13.8. The molecule has 40 heavy (non-hydrogen) atoms. The summed E-state index contributed by atoms with van der Waals surface area (Å²) >= 11 is 6.24. The highest BCUT2D eigenvalue weighted by Crippen LogP contribution is 2.31. The van der Waals surface area contributed by atoms with E-state index in [2.05, 4.69) is 21.3 Å². The van der Waals surface area contributed by atoms with E-state index in [4.69, 9.17) is 11.6 Å². The zero-order chi connectivity index (χ0) is 28.7. The van der Waals surface area contributed by atoms with Gasteiger partial charge >= 0.3 is 6.18 Å². The summed E-state index contributed by atoms with van der Waals surface area (Å²) in [4.78, 5) is 37.9. The van der Waals surface area contributed by atoms with E-state index in [1.807, 2.05) is 0 Å². The maximum absolute atomic E-state index is 13.0. The Morgan fingerprint density at radius 3 is 2.25 bits per heavy atom. The molecule has 3 aromatic carbocycles. The highest BCUT2D eigenvalue weighted by Gasteiger charge is 2.30. The van der Waals surface area contributed by atoms with Crippen LogP contribution in [-0.2, 0) is 11.0 Å². The molecule has 0 saturated heterocycles. The quantitative estimate of drug-likeness (QED) is 0.241. The van der Waals surface area contributed by atoms with Gasteiger partial charge in [-0.3, -0.25) is 14.4 Å². The topological polar surface area (TPSA) is 99.3 Å². The Hall–Kier alpha value is -4.05. The molecule has 1 saturated carbocycles. The summed E-state index contributed by atoms with van der Waals surface area (Å²) in [5, 5.41) is 11.4. The fourth-order valence-corrected chi connectivity index (χ4v) is 4.62. The summed E-state index contributed by atoms with van der Waals surface area (Å²) in [5.41, 5.74) is 0.457. The van der Waals surface area contributed by atoms with Gasteiger partial charge in [0.15, 0.2) is 0 Å². The summed E-state index contributed by atoms with van der Waals surface area (Å²) < 4.78 is 38.9. The van der Waals surface area contributed by atoms with Crippen molar-refractivity contribution in [2.24, 2.45) is 0 Å². The summed E-state index contributed by atoms with van der Waals surface area (Å²) in [7, 11) is 0. The number of carbonyl (C=O) groups is 3. The molecule has 1 fully saturated rings. The highest BCUT2D eigenvalue weighted by atomic mass is 35.5. The lowest BCUT2D eigenvalue weighted by Crippen LogP contribution is -2.36. The van der Waals surface area contributed by atoms with Crippen molar-refractivity contribution >= 4 is 46.4 Å². The van der Waals surface area contributed by atoms with Crippen LogP contribution in [0.25, 0.3) is 0 Å². The molecule has 0 bridgehead atoms. The van der Waals surface area contributed by atoms with Crippen LogP contribution in [0.3, 0.4) is 0 Å². The molecular weight excluding hydrogens is 545 g/mol. The van der Waals surface area contributed by atoms with E-state index in [-0.39, 0.29) is 40.3 Å². The second-order valence-corrected chi connectivity index (χ2v) is 9.93. The first-order valence-electron chi connectivity index (χ1n) is 12.8. The fraction of sp³-hybridized carbons (Fsp3) is 0.276. The van der Waals surface area contributed by atoms with Gasteiger partial charge in [-0.1, -0.05) is 43.0 Å². The van der Waals surface area contributed by atoms with Gasteiger partial charge in [-0.25, -0.2) is 0 Å². The standard InChI is InChI=1S/C29H28ClF3N4O3/c30-25-13-12-23(16-24(25)28(40)36-20-8-2-1-3-9-20)35-26(38)17-34-21-10-4-6-18(14-21)27(39)37-22-11-5-7-19(15-22)29(31,32)33/h4-7,10-16,20,34H,1-3,8-9,17H2,(H,35,38)(H,36,40)(H,37,39). The minimum Gasteiger partial charge on any atom is -0.376 e. The SMILES string of the molecule is O=C(CNc1cccc(C(=O)Nc2cccc(C(F)(F)F)c2)c1)Nc1ccc(Cl)c(C(=O)NC2CCCCC2)c1. The maximum Gasteiger partial charge on any atom is 0.416 e. The van der Waals surface area contributed by atoms with Crippen molar-refractivity contribution < 1.29 is 27.6 Å². The first-order valence-corrected chi connectivity index (χ1v) is 13.2. The summed E-state index contributed by atoms with van der Waals surface area (Å²) in [6.45, 7) is -0.148. The van der Waals surface area contributed by atoms with Crippen LogP contribution in [0.15, 0.2) is 66.7 Å². The Kier molecular flexibility index (Phi) is 9.31. The molecule has 0 aromatic heterocycles. The summed E-state index contributed by atoms with van der Waals surface area (Å²) in [5.74, 6) is -1.29. The van der Waals surface area contributed by atoms with Crippen molar-refractivity contribution in [2.75, 3.05) is 22.5 Å². The van der Waals surface area contributed by atoms with Gasteiger partial charge < -0.3 is 21.3 Å². The molecule has 0 aliphatic heterocycles. The second-order valence-electron chi connectivity index (χ2n) is 9.52. The van der Waals surface area contributed by atoms with Gasteiger partial charge in [0, 0.05) is 28.7 Å². The van der Waals surface area contributed by atoms with Gasteiger partial charge in [-0.15, -0.1) is 0 Å². The Bertz CT molecular complexity index is 1390. The lowest BCUT2D eigenvalue weighted by Gasteiger charge is -2.23. The molecular formula is C29H28ClF3N4O3. The zero-order valence-electron chi connectivity index (χ0n) is 21.4. The molecule has 210 valence electrons. The first kappa shape index (κ1) is 28.9. The van der Waals surface area contributed by atoms with E-state index in [9.17, 15) is 27.6 Å². The molecule has 3 aromatic rings. The van der Waals surface area contributed by atoms with Crippen LogP contribution < -0.4 is 21.3 Å². The van der Waals surface area contributed by atoms with Gasteiger partial charge in [0.2, 0.25) is 5.91 Å². The number of benzene rings is 3. The molecule has 11 heteroatoms. The Morgan fingerprint density at radius 1 is 0.800 bits per heavy atom. The molecule has 4 rings (SSSR count). The number of hydrogen-bond donors (Lipinski definition) is 4. The molecule has 4 N–H and O–H groups in total. The number of anilines is 3. The largest absolute Gasteiger partial charge is 0.416 e. The van der Waals surface area contributed by atoms with Gasteiger partial charge in [0.05, 0.1) is 22.7 Å². The monoisotopic (exact) mass is 572 g/mol. The average Bonchev–Trinajstić information content (AvgIpc) is 2.93. The van der Waals surface area contributed by atoms with Gasteiger partial charge in [0.25, 0.3) is 11.8 Å². The number of halogens is 4. The lowest BCUT2D eigenvalue weighted by atomic mass is 9.95. The third-order valence-electron chi connectivity index (χ3n) is 6.46. The third kappa shape index (κ3) is 7.98. The molecule has 0 atom stereocenters. The maximum atomic E-state index is 13.0. The third-order valence-corrected chi connectivity index (χ3v) is 6.79. The van der Waals surface area contributed by atoms with Crippen molar-refractivity contribution in [1.82, 2.24) is 5.32 Å². The van der Waals surface area contributed by atoms with E-state index in [0.717, 1.165) is 37.8 Å². The predicted octanol–water partition coefficient (Wildman–Crippen LogP) is 6.72. The van der Waals surface area contributed by atoms with Crippen LogP contribution in [0.1, 0.15) is 58.4 Å². The van der Waals surface area contributed by atoms with Crippen molar-refractivity contribution in [3.05, 3.63) is 88.4 Å². The number of carbonyl (C=O) groups excluding carboxylic acids is 3. The zero-order valence-corrected chi connectivity index (χ0v) is 22.2. The van der Waals surface area contributed by atoms with Crippen molar-refractivity contribution in [3.8, 4) is 0 Å². The molecule has 0 spiro atoms. The fourth-order valence-electron chi connectivity index (χ4n) is 4.42. The molecule has 0 unspecified atom stereocenters. The summed E-state index contributed by atoms with van der Waals surface area (Å²) in [6.07, 6.45) is 0.648. The van der Waals surface area contributed by atoms with E-state index >= 15 is 0 Å². The number of alkyl halides is 3. The molecule has 0 radical (unpaired) electrons. The van der Waals surface area contributed by atoms with Gasteiger partial charge in [0.1, 0.15) is 0 Å². The van der Waals surface area contributed by atoms with Crippen LogP contribution in [0, 0.1) is 0 Å². The predicted molar refractivity (Wildman–Crippen MR) is 149 cm³/mol. The van der Waals surface area contributed by atoms with Crippen molar-refractivity contribution in [2.45, 2.75) is 44.3 Å². The number of nitrogens with one attached hydrogen (secondary N) is 4. The smallest absolute Gasteiger partial charge is 0.376 e. The summed E-state index contributed by atoms with van der Waals surface area (Å²) in [6, 6.07) is 15.3. The molecule has 3 amide bonds. The Labute approximate surface area is 234 Å². The molecule has 1 aliphatic rings. The van der Waals surface area contributed by atoms with Gasteiger partial charge in [-0.2, -0.15) is 13.2 Å². The van der Waals surface area contributed by atoms with Crippen LogP contribution >= 0.6 is 11.6 Å². The molecule has 7 nitrogen and oxygen atoms in total. The van der Waals surface area contributed by atoms with Crippen LogP contribution in [-0.4, -0.2) is 30.3 Å². The first-order chi connectivity index (χ1) is 19.1. The minimum absolute atomic E-state index is 0.00678. The average molecular weight is 573 g/mol. The number of amides is 3. The van der Waals surface area contributed by atoms with E-state index in [1.165, 1.54) is 36.8 Å². The van der Waals surface area contributed by atoms with Crippen molar-refractivity contribution in [1.29, 1.82) is 0 Å². The molecule has 1 aliphatic carbocycles. The number of hydrogen-bond acceptors (Lipinski definition) is 4. The van der Waals surface area contributed by atoms with Crippen LogP contribution in [0.5, 0.6) is 0 Å². The van der Waals surface area contributed by atoms with E-state index < -0.39 is 23.6 Å². The highest BCUT2D eigenvalue weighted by molar-refractivity contribution is 6.34. The Balaban J connectivity index is 1.33. The second kappa shape index (κ2) is 12.9. The van der Waals surface area contributed by atoms with Gasteiger partial charge in [-0.05, 0) is 67.4 Å². The van der Waals surface area contributed by atoms with Crippen LogP contribution in [0.4, 0.5) is 30.2 Å². The van der Waals surface area contributed by atoms with Crippen LogP contribution in [0.2, 0.25) is 5.02 Å².